The first kappa shape index (κ1) is 18.6. The Morgan fingerprint density at radius 2 is 1.84 bits per heavy atom. The van der Waals surface area contributed by atoms with Crippen LogP contribution < -0.4 is 21.1 Å². The molecule has 0 aliphatic heterocycles. The van der Waals surface area contributed by atoms with E-state index in [1.807, 2.05) is 13.0 Å². The molecular formula is C18H20ClN3O3. The molecular weight excluding hydrogens is 342 g/mol. The summed E-state index contributed by atoms with van der Waals surface area (Å²) in [5.41, 5.74) is 7.70. The number of hydrogen-bond donors (Lipinski definition) is 3. The Morgan fingerprint density at radius 3 is 2.40 bits per heavy atom. The lowest BCUT2D eigenvalue weighted by atomic mass is 10.1. The average molecular weight is 362 g/mol. The lowest BCUT2D eigenvalue weighted by Gasteiger charge is -2.18. The predicted molar refractivity (Wildman–Crippen MR) is 99.4 cm³/mol. The summed E-state index contributed by atoms with van der Waals surface area (Å²) in [5.74, 6) is -0.194. The third-order valence-corrected chi connectivity index (χ3v) is 4.09. The van der Waals surface area contributed by atoms with Crippen molar-refractivity contribution in [3.63, 3.8) is 0 Å². The van der Waals surface area contributed by atoms with E-state index in [-0.39, 0.29) is 5.91 Å². The minimum atomic E-state index is -0.523. The van der Waals surface area contributed by atoms with E-state index < -0.39 is 11.9 Å². The Morgan fingerprint density at radius 1 is 1.20 bits per heavy atom. The summed E-state index contributed by atoms with van der Waals surface area (Å²) in [5, 5.41) is 6.47. The number of anilines is 2. The van der Waals surface area contributed by atoms with Crippen molar-refractivity contribution in [3.8, 4) is 5.75 Å². The first-order valence-corrected chi connectivity index (χ1v) is 8.01. The molecule has 2 amide bonds. The van der Waals surface area contributed by atoms with E-state index in [0.717, 1.165) is 5.56 Å². The Kier molecular flexibility index (Phi) is 5.88. The van der Waals surface area contributed by atoms with Crippen LogP contribution in [0.2, 0.25) is 5.02 Å². The third kappa shape index (κ3) is 4.64. The standard InChI is InChI=1S/C18H20ClN3O3/c1-10-8-15(16(25-3)9-14(10)19)21-11(2)18(24)22-13-6-4-12(5-7-13)17(20)23/h4-9,11,21H,1-3H3,(H2,20,23)(H,22,24). The zero-order valence-electron chi connectivity index (χ0n) is 14.2. The zero-order chi connectivity index (χ0) is 18.6. The van der Waals surface area contributed by atoms with Crippen LogP contribution in [0.5, 0.6) is 5.75 Å². The van der Waals surface area contributed by atoms with Crippen LogP contribution in [0.4, 0.5) is 11.4 Å². The minimum absolute atomic E-state index is 0.235. The molecule has 0 aliphatic rings. The van der Waals surface area contributed by atoms with Crippen LogP contribution in [-0.2, 0) is 4.79 Å². The van der Waals surface area contributed by atoms with Gasteiger partial charge in [-0.15, -0.1) is 0 Å². The number of carbonyl (C=O) groups is 2. The van der Waals surface area contributed by atoms with Crippen molar-refractivity contribution in [1.29, 1.82) is 0 Å². The molecule has 0 bridgehead atoms. The summed E-state index contributed by atoms with van der Waals surface area (Å²) in [4.78, 5) is 23.4. The van der Waals surface area contributed by atoms with Crippen molar-refractivity contribution >= 4 is 34.8 Å². The maximum absolute atomic E-state index is 12.4. The van der Waals surface area contributed by atoms with Gasteiger partial charge in [-0.25, -0.2) is 0 Å². The quantitative estimate of drug-likeness (QED) is 0.736. The van der Waals surface area contributed by atoms with Gasteiger partial charge in [0.25, 0.3) is 0 Å². The van der Waals surface area contributed by atoms with Crippen LogP contribution in [-0.4, -0.2) is 25.0 Å². The molecule has 132 valence electrons. The van der Waals surface area contributed by atoms with Crippen molar-refractivity contribution < 1.29 is 14.3 Å². The number of methoxy groups -OCH3 is 1. The molecule has 6 nitrogen and oxygen atoms in total. The van der Waals surface area contributed by atoms with Gasteiger partial charge in [-0.3, -0.25) is 9.59 Å². The molecule has 1 atom stereocenters. The van der Waals surface area contributed by atoms with Crippen molar-refractivity contribution in [2.24, 2.45) is 5.73 Å². The monoisotopic (exact) mass is 361 g/mol. The van der Waals surface area contributed by atoms with Crippen LogP contribution in [0, 0.1) is 6.92 Å². The van der Waals surface area contributed by atoms with E-state index in [1.165, 1.54) is 7.11 Å². The van der Waals surface area contributed by atoms with Gasteiger partial charge in [0.15, 0.2) is 0 Å². The second kappa shape index (κ2) is 7.90. The minimum Gasteiger partial charge on any atom is -0.495 e. The fraction of sp³-hybridized carbons (Fsp3) is 0.222. The number of primary amides is 1. The van der Waals surface area contributed by atoms with E-state index in [2.05, 4.69) is 10.6 Å². The van der Waals surface area contributed by atoms with Gasteiger partial charge in [-0.05, 0) is 49.7 Å². The molecule has 0 fully saturated rings. The Labute approximate surface area is 151 Å². The van der Waals surface area contributed by atoms with Crippen LogP contribution in [0.1, 0.15) is 22.8 Å². The van der Waals surface area contributed by atoms with Gasteiger partial charge < -0.3 is 21.1 Å². The molecule has 4 N–H and O–H groups in total. The van der Waals surface area contributed by atoms with Crippen LogP contribution in [0.3, 0.4) is 0 Å². The van der Waals surface area contributed by atoms with Crippen molar-refractivity contribution in [1.82, 2.24) is 0 Å². The lowest BCUT2D eigenvalue weighted by molar-refractivity contribution is -0.116. The van der Waals surface area contributed by atoms with Crippen LogP contribution in [0.15, 0.2) is 36.4 Å². The highest BCUT2D eigenvalue weighted by Crippen LogP contribution is 2.31. The molecule has 0 saturated heterocycles. The molecule has 1 unspecified atom stereocenters. The first-order valence-electron chi connectivity index (χ1n) is 7.63. The number of nitrogens with one attached hydrogen (secondary N) is 2. The highest BCUT2D eigenvalue weighted by atomic mass is 35.5. The highest BCUT2D eigenvalue weighted by Gasteiger charge is 2.16. The first-order chi connectivity index (χ1) is 11.8. The molecule has 0 aromatic heterocycles. The molecule has 25 heavy (non-hydrogen) atoms. The van der Waals surface area contributed by atoms with Gasteiger partial charge >= 0.3 is 0 Å². The van der Waals surface area contributed by atoms with E-state index in [1.54, 1.807) is 37.3 Å². The SMILES string of the molecule is COc1cc(Cl)c(C)cc1NC(C)C(=O)Nc1ccc(C(N)=O)cc1. The van der Waals surface area contributed by atoms with Crippen molar-refractivity contribution in [2.75, 3.05) is 17.7 Å². The summed E-state index contributed by atoms with van der Waals surface area (Å²) in [6.07, 6.45) is 0. The fourth-order valence-corrected chi connectivity index (χ4v) is 2.37. The molecule has 2 aromatic rings. The number of amides is 2. The second-order valence-electron chi connectivity index (χ2n) is 5.60. The summed E-state index contributed by atoms with van der Waals surface area (Å²) >= 11 is 6.09. The van der Waals surface area contributed by atoms with E-state index >= 15 is 0 Å². The Bertz CT molecular complexity index is 791. The second-order valence-corrected chi connectivity index (χ2v) is 6.01. The molecule has 7 heteroatoms. The fourth-order valence-electron chi connectivity index (χ4n) is 2.21. The van der Waals surface area contributed by atoms with Crippen molar-refractivity contribution in [3.05, 3.63) is 52.5 Å². The largest absolute Gasteiger partial charge is 0.495 e. The molecule has 0 saturated carbocycles. The maximum atomic E-state index is 12.4. The van der Waals surface area contributed by atoms with E-state index in [4.69, 9.17) is 22.1 Å². The Hall–Kier alpha value is -2.73. The van der Waals surface area contributed by atoms with Gasteiger partial charge in [0.05, 0.1) is 12.8 Å². The highest BCUT2D eigenvalue weighted by molar-refractivity contribution is 6.31. The number of carbonyl (C=O) groups excluding carboxylic acids is 2. The number of ether oxygens (including phenoxy) is 1. The number of nitrogens with two attached hydrogens (primary N) is 1. The molecule has 0 spiro atoms. The zero-order valence-corrected chi connectivity index (χ0v) is 15.0. The number of halogens is 1. The molecule has 2 rings (SSSR count). The van der Waals surface area contributed by atoms with Gasteiger partial charge in [-0.2, -0.15) is 0 Å². The molecule has 0 radical (unpaired) electrons. The predicted octanol–water partition coefficient (Wildman–Crippen LogP) is 3.20. The summed E-state index contributed by atoms with van der Waals surface area (Å²) < 4.78 is 5.29. The van der Waals surface area contributed by atoms with Crippen LogP contribution >= 0.6 is 11.6 Å². The smallest absolute Gasteiger partial charge is 0.248 e. The number of rotatable bonds is 6. The molecule has 0 aliphatic carbocycles. The van der Waals surface area contributed by atoms with E-state index in [9.17, 15) is 9.59 Å². The van der Waals surface area contributed by atoms with Gasteiger partial charge in [0.2, 0.25) is 11.8 Å². The normalized spacial score (nSPS) is 11.5. The van der Waals surface area contributed by atoms with E-state index in [0.29, 0.717) is 27.7 Å². The van der Waals surface area contributed by atoms with Gasteiger partial charge in [0, 0.05) is 22.3 Å². The number of hydrogen-bond acceptors (Lipinski definition) is 4. The average Bonchev–Trinajstić information content (AvgIpc) is 2.58. The summed E-state index contributed by atoms with van der Waals surface area (Å²) in [6, 6.07) is 9.36. The molecule has 0 heterocycles. The van der Waals surface area contributed by atoms with Crippen molar-refractivity contribution in [2.45, 2.75) is 19.9 Å². The van der Waals surface area contributed by atoms with Crippen LogP contribution in [0.25, 0.3) is 0 Å². The lowest BCUT2D eigenvalue weighted by Crippen LogP contribution is -2.32. The maximum Gasteiger partial charge on any atom is 0.248 e. The summed E-state index contributed by atoms with van der Waals surface area (Å²) in [6.45, 7) is 3.61. The summed E-state index contributed by atoms with van der Waals surface area (Å²) in [7, 11) is 1.54. The van der Waals surface area contributed by atoms with Gasteiger partial charge in [-0.1, -0.05) is 11.6 Å². The Balaban J connectivity index is 2.07. The van der Waals surface area contributed by atoms with Gasteiger partial charge in [0.1, 0.15) is 11.8 Å². The topological polar surface area (TPSA) is 93.4 Å². The number of aryl methyl sites for hydroxylation is 1. The number of benzene rings is 2. The third-order valence-electron chi connectivity index (χ3n) is 3.68. The molecule has 2 aromatic carbocycles.